The smallest absolute Gasteiger partial charge is 0.338 e. The number of methoxy groups -OCH3 is 1. The molecule has 5 nitrogen and oxygen atoms in total. The summed E-state index contributed by atoms with van der Waals surface area (Å²) in [6, 6.07) is 12.2. The van der Waals surface area contributed by atoms with Crippen LogP contribution in [0.25, 0.3) is 0 Å². The summed E-state index contributed by atoms with van der Waals surface area (Å²) in [4.78, 5) is 26.4. The molecule has 0 atom stereocenters. The van der Waals surface area contributed by atoms with Crippen LogP contribution < -0.4 is 4.74 Å². The molecule has 6 heteroatoms. The average molecular weight is 418 g/mol. The van der Waals surface area contributed by atoms with E-state index in [1.54, 1.807) is 37.4 Å². The number of carbonyl (C=O) groups is 2. The van der Waals surface area contributed by atoms with E-state index in [4.69, 9.17) is 9.47 Å². The van der Waals surface area contributed by atoms with E-state index in [2.05, 4.69) is 15.9 Å². The Labute approximate surface area is 161 Å². The van der Waals surface area contributed by atoms with Crippen molar-refractivity contribution in [2.45, 2.75) is 19.4 Å². The normalized spacial score (nSPS) is 13.5. The molecule has 0 radical (unpaired) electrons. The van der Waals surface area contributed by atoms with Crippen molar-refractivity contribution in [1.82, 2.24) is 4.90 Å². The van der Waals surface area contributed by atoms with E-state index in [0.717, 1.165) is 31.5 Å². The third-order valence-electron chi connectivity index (χ3n) is 4.35. The Bertz CT molecular complexity index is 798. The minimum atomic E-state index is -0.412. The monoisotopic (exact) mass is 417 g/mol. The zero-order valence-electron chi connectivity index (χ0n) is 14.5. The molecule has 1 aliphatic heterocycles. The van der Waals surface area contributed by atoms with Crippen LogP contribution in [-0.2, 0) is 11.3 Å². The third-order valence-corrected chi connectivity index (χ3v) is 4.97. The summed E-state index contributed by atoms with van der Waals surface area (Å²) in [5, 5.41) is 0. The van der Waals surface area contributed by atoms with Gasteiger partial charge in [0.15, 0.2) is 0 Å². The Balaban J connectivity index is 1.58. The van der Waals surface area contributed by atoms with Crippen LogP contribution in [0, 0.1) is 0 Å². The quantitative estimate of drug-likeness (QED) is 0.688. The third kappa shape index (κ3) is 4.25. The van der Waals surface area contributed by atoms with Gasteiger partial charge < -0.3 is 14.4 Å². The fourth-order valence-corrected chi connectivity index (χ4v) is 3.41. The Kier molecular flexibility index (Phi) is 5.93. The highest BCUT2D eigenvalue weighted by molar-refractivity contribution is 9.10. The van der Waals surface area contributed by atoms with Gasteiger partial charge in [0, 0.05) is 18.7 Å². The average Bonchev–Trinajstić information content (AvgIpc) is 3.20. The molecule has 1 fully saturated rings. The molecule has 0 spiro atoms. The zero-order chi connectivity index (χ0) is 18.5. The number of hydrogen-bond donors (Lipinski definition) is 0. The predicted octanol–water partition coefficient (Wildman–Crippen LogP) is 4.05. The van der Waals surface area contributed by atoms with Crippen molar-refractivity contribution >= 4 is 27.8 Å². The van der Waals surface area contributed by atoms with Gasteiger partial charge in [-0.2, -0.15) is 0 Å². The van der Waals surface area contributed by atoms with E-state index in [1.807, 2.05) is 17.0 Å². The molecule has 0 saturated carbocycles. The first kappa shape index (κ1) is 18.5. The van der Waals surface area contributed by atoms with Crippen molar-refractivity contribution < 1.29 is 19.1 Å². The lowest BCUT2D eigenvalue weighted by Crippen LogP contribution is -2.27. The zero-order valence-corrected chi connectivity index (χ0v) is 16.1. The van der Waals surface area contributed by atoms with Gasteiger partial charge in [-0.1, -0.05) is 12.1 Å². The summed E-state index contributed by atoms with van der Waals surface area (Å²) >= 11 is 3.35. The molecule has 1 heterocycles. The maximum absolute atomic E-state index is 12.3. The van der Waals surface area contributed by atoms with E-state index in [-0.39, 0.29) is 12.5 Å². The first-order valence-electron chi connectivity index (χ1n) is 8.47. The Hall–Kier alpha value is -2.34. The molecule has 1 aliphatic rings. The van der Waals surface area contributed by atoms with Crippen LogP contribution in [0.5, 0.6) is 5.75 Å². The van der Waals surface area contributed by atoms with Crippen LogP contribution in [0.4, 0.5) is 0 Å². The number of amides is 1. The number of carbonyl (C=O) groups excluding carboxylic acids is 2. The minimum absolute atomic E-state index is 0.0640. The summed E-state index contributed by atoms with van der Waals surface area (Å²) in [6.45, 7) is 1.81. The second kappa shape index (κ2) is 8.36. The van der Waals surface area contributed by atoms with Crippen molar-refractivity contribution in [1.29, 1.82) is 0 Å². The lowest BCUT2D eigenvalue weighted by atomic mass is 10.1. The summed E-state index contributed by atoms with van der Waals surface area (Å²) in [6.07, 6.45) is 2.14. The van der Waals surface area contributed by atoms with Crippen LogP contribution in [0.2, 0.25) is 0 Å². The van der Waals surface area contributed by atoms with Gasteiger partial charge in [-0.25, -0.2) is 4.79 Å². The number of hydrogen-bond acceptors (Lipinski definition) is 4. The van der Waals surface area contributed by atoms with Gasteiger partial charge in [0.2, 0.25) is 0 Å². The van der Waals surface area contributed by atoms with Crippen LogP contribution in [0.1, 0.15) is 39.1 Å². The van der Waals surface area contributed by atoms with E-state index in [0.29, 0.717) is 21.3 Å². The summed E-state index contributed by atoms with van der Waals surface area (Å²) in [7, 11) is 1.57. The largest absolute Gasteiger partial charge is 0.496 e. The Morgan fingerprint density at radius 1 is 1.04 bits per heavy atom. The van der Waals surface area contributed by atoms with Gasteiger partial charge in [-0.15, -0.1) is 0 Å². The SMILES string of the molecule is COc1ccc(C(=O)OCc2ccc(C(=O)N3CCCC3)cc2)cc1Br. The molecular formula is C20H20BrNO4. The van der Waals surface area contributed by atoms with Crippen LogP contribution >= 0.6 is 15.9 Å². The topological polar surface area (TPSA) is 55.8 Å². The standard InChI is InChI=1S/C20H20BrNO4/c1-25-18-9-8-16(12-17(18)21)20(24)26-13-14-4-6-15(7-5-14)19(23)22-10-2-3-11-22/h4-9,12H,2-3,10-11,13H2,1H3. The maximum atomic E-state index is 12.3. The van der Waals surface area contributed by atoms with Gasteiger partial charge in [0.1, 0.15) is 12.4 Å². The molecule has 1 amide bonds. The highest BCUT2D eigenvalue weighted by Crippen LogP contribution is 2.26. The molecule has 1 saturated heterocycles. The fourth-order valence-electron chi connectivity index (χ4n) is 2.87. The van der Waals surface area contributed by atoms with Gasteiger partial charge in [0.25, 0.3) is 5.91 Å². The number of ether oxygens (including phenoxy) is 2. The summed E-state index contributed by atoms with van der Waals surface area (Å²) in [5.74, 6) is 0.305. The molecule has 26 heavy (non-hydrogen) atoms. The fraction of sp³-hybridized carbons (Fsp3) is 0.300. The van der Waals surface area contributed by atoms with Gasteiger partial charge in [0.05, 0.1) is 17.1 Å². The molecule has 0 unspecified atom stereocenters. The number of halogens is 1. The lowest BCUT2D eigenvalue weighted by molar-refractivity contribution is 0.0472. The molecule has 3 rings (SSSR count). The van der Waals surface area contributed by atoms with Crippen molar-refractivity contribution in [2.24, 2.45) is 0 Å². The van der Waals surface area contributed by atoms with Crippen LogP contribution in [0.3, 0.4) is 0 Å². The number of esters is 1. The molecular weight excluding hydrogens is 398 g/mol. The second-order valence-corrected chi connectivity index (χ2v) is 6.98. The molecule has 0 N–H and O–H groups in total. The van der Waals surface area contributed by atoms with E-state index in [9.17, 15) is 9.59 Å². The van der Waals surface area contributed by atoms with Crippen molar-refractivity contribution in [2.75, 3.05) is 20.2 Å². The number of nitrogens with zero attached hydrogens (tertiary/aromatic N) is 1. The summed E-state index contributed by atoms with van der Waals surface area (Å²) < 4.78 is 11.2. The first-order chi connectivity index (χ1) is 12.6. The molecule has 0 aromatic heterocycles. The van der Waals surface area contributed by atoms with Gasteiger partial charge in [-0.05, 0) is 64.7 Å². The van der Waals surface area contributed by atoms with E-state index < -0.39 is 5.97 Å². The highest BCUT2D eigenvalue weighted by Gasteiger charge is 2.19. The van der Waals surface area contributed by atoms with Crippen molar-refractivity contribution in [3.8, 4) is 5.75 Å². The van der Waals surface area contributed by atoms with Gasteiger partial charge in [-0.3, -0.25) is 4.79 Å². The van der Waals surface area contributed by atoms with E-state index in [1.165, 1.54) is 0 Å². The number of rotatable bonds is 5. The molecule has 0 bridgehead atoms. The Morgan fingerprint density at radius 3 is 2.31 bits per heavy atom. The highest BCUT2D eigenvalue weighted by atomic mass is 79.9. The second-order valence-electron chi connectivity index (χ2n) is 6.12. The summed E-state index contributed by atoms with van der Waals surface area (Å²) in [5.41, 5.74) is 1.95. The molecule has 136 valence electrons. The molecule has 2 aromatic rings. The maximum Gasteiger partial charge on any atom is 0.338 e. The number of likely N-dealkylation sites (tertiary alicyclic amines) is 1. The Morgan fingerprint density at radius 2 is 1.69 bits per heavy atom. The van der Waals surface area contributed by atoms with Crippen LogP contribution in [-0.4, -0.2) is 37.0 Å². The van der Waals surface area contributed by atoms with Crippen molar-refractivity contribution in [3.05, 3.63) is 63.6 Å². The first-order valence-corrected chi connectivity index (χ1v) is 9.26. The van der Waals surface area contributed by atoms with Crippen molar-refractivity contribution in [3.63, 3.8) is 0 Å². The minimum Gasteiger partial charge on any atom is -0.496 e. The van der Waals surface area contributed by atoms with Gasteiger partial charge >= 0.3 is 5.97 Å². The lowest BCUT2D eigenvalue weighted by Gasteiger charge is -2.15. The predicted molar refractivity (Wildman–Crippen MR) is 101 cm³/mol. The van der Waals surface area contributed by atoms with E-state index >= 15 is 0 Å². The number of benzene rings is 2. The molecule has 2 aromatic carbocycles. The van der Waals surface area contributed by atoms with Crippen LogP contribution in [0.15, 0.2) is 46.9 Å². The molecule has 0 aliphatic carbocycles.